The van der Waals surface area contributed by atoms with E-state index in [1.807, 2.05) is 6.08 Å². The highest BCUT2D eigenvalue weighted by Crippen LogP contribution is 1.99. The maximum Gasteiger partial charge on any atom is -0.0187 e. The molecule has 0 aliphatic carbocycles. The molecule has 13 heavy (non-hydrogen) atoms. The van der Waals surface area contributed by atoms with E-state index in [0.717, 1.165) is 11.6 Å². The van der Waals surface area contributed by atoms with Gasteiger partial charge in [0.1, 0.15) is 0 Å². The van der Waals surface area contributed by atoms with Crippen molar-refractivity contribution in [2.45, 2.75) is 20.3 Å². The lowest BCUT2D eigenvalue weighted by molar-refractivity contribution is 1.08. The van der Waals surface area contributed by atoms with E-state index in [0.29, 0.717) is 0 Å². The van der Waals surface area contributed by atoms with Crippen molar-refractivity contribution in [2.75, 3.05) is 0 Å². The summed E-state index contributed by atoms with van der Waals surface area (Å²) in [5.74, 6) is 0. The number of hydrogen-bond acceptors (Lipinski definition) is 0. The first kappa shape index (κ1) is 9.79. The highest BCUT2D eigenvalue weighted by Gasteiger charge is 1.96. The van der Waals surface area contributed by atoms with Gasteiger partial charge in [-0.15, -0.1) is 0 Å². The fourth-order valence-corrected chi connectivity index (χ4v) is 1.60. The molecule has 1 aromatic carbocycles. The number of aryl methyl sites for hydroxylation is 1. The van der Waals surface area contributed by atoms with Crippen molar-refractivity contribution in [3.8, 4) is 0 Å². The molecule has 0 nitrogen and oxygen atoms in total. The van der Waals surface area contributed by atoms with E-state index in [9.17, 15) is 0 Å². The zero-order chi connectivity index (χ0) is 9.84. The molecule has 0 N–H and O–H groups in total. The molecular weight excluding hydrogens is 156 g/mol. The Kier molecular flexibility index (Phi) is 3.07. The van der Waals surface area contributed by atoms with E-state index in [2.05, 4.69) is 39.1 Å². The van der Waals surface area contributed by atoms with Gasteiger partial charge in [-0.2, -0.15) is 0 Å². The molecule has 1 rings (SSSR count). The van der Waals surface area contributed by atoms with E-state index in [-0.39, 0.29) is 0 Å². The van der Waals surface area contributed by atoms with Gasteiger partial charge in [0.05, 0.1) is 0 Å². The van der Waals surface area contributed by atoms with Gasteiger partial charge in [0.2, 0.25) is 0 Å². The molecule has 0 aromatic heterocycles. The van der Waals surface area contributed by atoms with Gasteiger partial charge in [0, 0.05) is 0 Å². The molecule has 0 heterocycles. The van der Waals surface area contributed by atoms with E-state index < -0.39 is 0 Å². The van der Waals surface area contributed by atoms with Crippen molar-refractivity contribution in [3.05, 3.63) is 46.4 Å². The summed E-state index contributed by atoms with van der Waals surface area (Å²) in [7, 11) is 0. The molecule has 0 aliphatic rings. The molecule has 0 heteroatoms. The Morgan fingerprint density at radius 1 is 1.38 bits per heavy atom. The van der Waals surface area contributed by atoms with Crippen LogP contribution in [0, 0.1) is 6.92 Å². The Bertz CT molecular complexity index is 410. The Morgan fingerprint density at radius 2 is 2.08 bits per heavy atom. The van der Waals surface area contributed by atoms with Crippen LogP contribution in [0.15, 0.2) is 24.8 Å². The maximum absolute atomic E-state index is 4.09. The highest BCUT2D eigenvalue weighted by atomic mass is 14.0. The Balaban J connectivity index is 3.54. The summed E-state index contributed by atoms with van der Waals surface area (Å²) in [6.45, 7) is 12.1. The van der Waals surface area contributed by atoms with Crippen LogP contribution in [0.5, 0.6) is 0 Å². The number of benzene rings is 1. The Labute approximate surface area is 79.9 Å². The van der Waals surface area contributed by atoms with Crippen LogP contribution in [0.1, 0.15) is 18.1 Å². The SMILES string of the molecule is C=C/C=c1/ccc(C)c(CC)c1=C. The Hall–Kier alpha value is -1.30. The summed E-state index contributed by atoms with van der Waals surface area (Å²) in [6, 6.07) is 4.24. The van der Waals surface area contributed by atoms with Crippen LogP contribution in [0.3, 0.4) is 0 Å². The Morgan fingerprint density at radius 3 is 2.62 bits per heavy atom. The van der Waals surface area contributed by atoms with Crippen LogP contribution in [-0.2, 0) is 6.42 Å². The quantitative estimate of drug-likeness (QED) is 0.639. The van der Waals surface area contributed by atoms with Gasteiger partial charge in [-0.1, -0.05) is 44.4 Å². The molecule has 0 bridgehead atoms. The lowest BCUT2D eigenvalue weighted by atomic mass is 10.0. The average molecular weight is 172 g/mol. The predicted molar refractivity (Wildman–Crippen MR) is 60.0 cm³/mol. The summed E-state index contributed by atoms with van der Waals surface area (Å²) in [6.07, 6.45) is 4.85. The van der Waals surface area contributed by atoms with Gasteiger partial charge in [-0.05, 0) is 34.9 Å². The van der Waals surface area contributed by atoms with Crippen LogP contribution in [0.25, 0.3) is 12.7 Å². The second kappa shape index (κ2) is 4.08. The molecule has 1 aromatic rings. The molecule has 0 spiro atoms. The third-order valence-electron chi connectivity index (χ3n) is 2.35. The average Bonchev–Trinajstić information content (AvgIpc) is 2.11. The monoisotopic (exact) mass is 172 g/mol. The minimum atomic E-state index is 1.05. The smallest absolute Gasteiger partial charge is 0.0187 e. The largest absolute Gasteiger partial charge is 0.0990 e. The molecule has 0 saturated heterocycles. The number of hydrogen-bond donors (Lipinski definition) is 0. The topological polar surface area (TPSA) is 0 Å². The van der Waals surface area contributed by atoms with Crippen molar-refractivity contribution >= 4 is 12.7 Å². The standard InChI is InChI=1S/C13H16/c1-5-7-12-9-8-10(3)13(6-2)11(12)4/h5,7-9H,1,4,6H2,2-3H3/b12-7-. The summed E-state index contributed by atoms with van der Waals surface area (Å²) in [5.41, 5.74) is 2.68. The fraction of sp³-hybridized carbons (Fsp3) is 0.231. The molecule has 0 radical (unpaired) electrons. The van der Waals surface area contributed by atoms with Crippen LogP contribution in [0.4, 0.5) is 0 Å². The van der Waals surface area contributed by atoms with Crippen molar-refractivity contribution in [3.63, 3.8) is 0 Å². The lowest BCUT2D eigenvalue weighted by Gasteiger charge is -2.03. The van der Waals surface area contributed by atoms with E-state index in [1.165, 1.54) is 16.3 Å². The second-order valence-electron chi connectivity index (χ2n) is 3.18. The third kappa shape index (κ3) is 1.89. The van der Waals surface area contributed by atoms with Crippen molar-refractivity contribution in [1.82, 2.24) is 0 Å². The van der Waals surface area contributed by atoms with E-state index >= 15 is 0 Å². The van der Waals surface area contributed by atoms with Gasteiger partial charge in [0.25, 0.3) is 0 Å². The van der Waals surface area contributed by atoms with Gasteiger partial charge in [-0.25, -0.2) is 0 Å². The zero-order valence-electron chi connectivity index (χ0n) is 8.43. The van der Waals surface area contributed by atoms with Gasteiger partial charge >= 0.3 is 0 Å². The first-order chi connectivity index (χ1) is 6.20. The van der Waals surface area contributed by atoms with E-state index in [1.54, 1.807) is 6.08 Å². The molecule has 0 saturated carbocycles. The summed E-state index contributed by atoms with van der Waals surface area (Å²) >= 11 is 0. The van der Waals surface area contributed by atoms with Gasteiger partial charge < -0.3 is 0 Å². The first-order valence-electron chi connectivity index (χ1n) is 4.61. The van der Waals surface area contributed by atoms with Crippen molar-refractivity contribution < 1.29 is 0 Å². The maximum atomic E-state index is 4.09. The zero-order valence-corrected chi connectivity index (χ0v) is 8.43. The molecule has 0 atom stereocenters. The van der Waals surface area contributed by atoms with Crippen LogP contribution in [-0.4, -0.2) is 0 Å². The van der Waals surface area contributed by atoms with Crippen molar-refractivity contribution in [1.29, 1.82) is 0 Å². The highest BCUT2D eigenvalue weighted by molar-refractivity contribution is 5.40. The fourth-order valence-electron chi connectivity index (χ4n) is 1.60. The molecular formula is C13H16. The predicted octanol–water partition coefficient (Wildman–Crippen LogP) is 1.93. The van der Waals surface area contributed by atoms with E-state index in [4.69, 9.17) is 0 Å². The molecule has 0 amide bonds. The molecule has 0 fully saturated rings. The molecule has 68 valence electrons. The van der Waals surface area contributed by atoms with Crippen LogP contribution >= 0.6 is 0 Å². The lowest BCUT2D eigenvalue weighted by Crippen LogP contribution is -2.27. The number of allylic oxidation sites excluding steroid dienone is 1. The summed E-state index contributed by atoms with van der Waals surface area (Å²) < 4.78 is 0. The van der Waals surface area contributed by atoms with Gasteiger partial charge in [-0.3, -0.25) is 0 Å². The normalized spacial score (nSPS) is 11.7. The second-order valence-corrected chi connectivity index (χ2v) is 3.18. The minimum Gasteiger partial charge on any atom is -0.0990 e. The first-order valence-corrected chi connectivity index (χ1v) is 4.61. The minimum absolute atomic E-state index is 1.05. The van der Waals surface area contributed by atoms with Gasteiger partial charge in [0.15, 0.2) is 0 Å². The van der Waals surface area contributed by atoms with Crippen LogP contribution < -0.4 is 10.4 Å². The van der Waals surface area contributed by atoms with Crippen molar-refractivity contribution in [2.24, 2.45) is 0 Å². The molecule has 0 aliphatic heterocycles. The third-order valence-corrected chi connectivity index (χ3v) is 2.35. The number of rotatable bonds is 2. The summed E-state index contributed by atoms with van der Waals surface area (Å²) in [5, 5.41) is 2.32. The molecule has 0 unspecified atom stereocenters. The van der Waals surface area contributed by atoms with Crippen LogP contribution in [0.2, 0.25) is 0 Å². The summed E-state index contributed by atoms with van der Waals surface area (Å²) in [4.78, 5) is 0.